The number of halogens is 2. The van der Waals surface area contributed by atoms with Crippen LogP contribution in [0.25, 0.3) is 0 Å². The Kier molecular flexibility index (Phi) is 4.85. The summed E-state index contributed by atoms with van der Waals surface area (Å²) in [6.07, 6.45) is -0.784. The van der Waals surface area contributed by atoms with Crippen molar-refractivity contribution >= 4 is 38.9 Å². The maximum absolute atomic E-state index is 12.2. The van der Waals surface area contributed by atoms with E-state index in [0.717, 1.165) is 4.31 Å². The fourth-order valence-electron chi connectivity index (χ4n) is 1.39. The quantitative estimate of drug-likeness (QED) is 0.827. The Morgan fingerprint density at radius 3 is 2.50 bits per heavy atom. The lowest BCUT2D eigenvalue weighted by molar-refractivity contribution is 0.171. The van der Waals surface area contributed by atoms with Crippen molar-refractivity contribution in [1.29, 1.82) is 0 Å². The summed E-state index contributed by atoms with van der Waals surface area (Å²) in [5.74, 6) is 0. The first-order chi connectivity index (χ1) is 8.17. The maximum Gasteiger partial charge on any atom is 0.244 e. The van der Waals surface area contributed by atoms with Crippen LogP contribution >= 0.6 is 23.2 Å². The van der Waals surface area contributed by atoms with Crippen LogP contribution in [0.3, 0.4) is 0 Å². The third-order valence-corrected chi connectivity index (χ3v) is 5.02. The van der Waals surface area contributed by atoms with Gasteiger partial charge in [0.2, 0.25) is 10.0 Å². The van der Waals surface area contributed by atoms with E-state index < -0.39 is 16.1 Å². The highest BCUT2D eigenvalue weighted by atomic mass is 35.5. The molecule has 1 atom stereocenters. The summed E-state index contributed by atoms with van der Waals surface area (Å²) < 4.78 is 25.4. The molecule has 0 heterocycles. The summed E-state index contributed by atoms with van der Waals surface area (Å²) in [5, 5.41) is 9.30. The fraction of sp³-hybridized carbons (Fsp3) is 0.400. The topological polar surface area (TPSA) is 83.6 Å². The van der Waals surface area contributed by atoms with Crippen LogP contribution in [-0.4, -0.2) is 37.5 Å². The van der Waals surface area contributed by atoms with Crippen LogP contribution in [0.1, 0.15) is 6.92 Å². The van der Waals surface area contributed by atoms with Crippen molar-refractivity contribution in [3.05, 3.63) is 22.2 Å². The van der Waals surface area contributed by atoms with Gasteiger partial charge in [-0.3, -0.25) is 0 Å². The van der Waals surface area contributed by atoms with Crippen LogP contribution < -0.4 is 5.73 Å². The third-order valence-electron chi connectivity index (χ3n) is 2.30. The molecule has 0 fully saturated rings. The third kappa shape index (κ3) is 3.07. The number of hydrogen-bond acceptors (Lipinski definition) is 4. The minimum absolute atomic E-state index is 0.0184. The maximum atomic E-state index is 12.2. The van der Waals surface area contributed by atoms with Gasteiger partial charge in [-0.15, -0.1) is 0 Å². The zero-order valence-electron chi connectivity index (χ0n) is 9.89. The molecule has 1 aromatic carbocycles. The predicted octanol–water partition coefficient (Wildman–Crippen LogP) is 1.58. The molecule has 0 bridgehead atoms. The lowest BCUT2D eigenvalue weighted by Crippen LogP contribution is -2.33. The van der Waals surface area contributed by atoms with E-state index in [0.29, 0.717) is 0 Å². The second-order valence-corrected chi connectivity index (χ2v) is 6.71. The highest BCUT2D eigenvalue weighted by molar-refractivity contribution is 7.89. The molecule has 1 rings (SSSR count). The number of likely N-dealkylation sites (N-methyl/N-ethyl adjacent to an activating group) is 1. The first-order valence-corrected chi connectivity index (χ1v) is 7.25. The van der Waals surface area contributed by atoms with Crippen LogP contribution in [0.15, 0.2) is 17.0 Å². The standard InChI is InChI=1S/C10H14Cl2N2O3S/c1-6(15)5-14(2)18(16,17)8-4-3-7(11)10(13)9(8)12/h3-4,6,15H,5,13H2,1-2H3. The molecular weight excluding hydrogens is 299 g/mol. The van der Waals surface area contributed by atoms with Crippen LogP contribution in [0.2, 0.25) is 10.0 Å². The number of aliphatic hydroxyl groups excluding tert-OH is 1. The van der Waals surface area contributed by atoms with Crippen molar-refractivity contribution in [2.75, 3.05) is 19.3 Å². The molecule has 5 nitrogen and oxygen atoms in total. The van der Waals surface area contributed by atoms with Gasteiger partial charge in [-0.1, -0.05) is 23.2 Å². The van der Waals surface area contributed by atoms with E-state index in [9.17, 15) is 13.5 Å². The predicted molar refractivity (Wildman–Crippen MR) is 72.4 cm³/mol. The zero-order chi connectivity index (χ0) is 14.1. The highest BCUT2D eigenvalue weighted by Gasteiger charge is 2.26. The molecule has 1 unspecified atom stereocenters. The second kappa shape index (κ2) is 5.63. The lowest BCUT2D eigenvalue weighted by atomic mass is 10.3. The molecule has 0 radical (unpaired) electrons. The van der Waals surface area contributed by atoms with Crippen molar-refractivity contribution in [3.8, 4) is 0 Å². The largest absolute Gasteiger partial charge is 0.396 e. The molecule has 0 aliphatic heterocycles. The molecule has 0 saturated heterocycles. The monoisotopic (exact) mass is 312 g/mol. The molecule has 0 aliphatic carbocycles. The lowest BCUT2D eigenvalue weighted by Gasteiger charge is -2.19. The second-order valence-electron chi connectivity index (χ2n) is 3.91. The minimum atomic E-state index is -3.80. The Morgan fingerprint density at radius 1 is 1.44 bits per heavy atom. The molecule has 0 amide bonds. The highest BCUT2D eigenvalue weighted by Crippen LogP contribution is 2.34. The van der Waals surface area contributed by atoms with Gasteiger partial charge in [-0.25, -0.2) is 8.42 Å². The number of sulfonamides is 1. The number of nitrogens with zero attached hydrogens (tertiary/aromatic N) is 1. The number of aliphatic hydroxyl groups is 1. The molecular formula is C10H14Cl2N2O3S. The van der Waals surface area contributed by atoms with E-state index in [4.69, 9.17) is 28.9 Å². The number of anilines is 1. The molecule has 0 aromatic heterocycles. The molecule has 18 heavy (non-hydrogen) atoms. The summed E-state index contributed by atoms with van der Waals surface area (Å²) in [6, 6.07) is 2.65. The smallest absolute Gasteiger partial charge is 0.244 e. The average Bonchev–Trinajstić information content (AvgIpc) is 2.24. The van der Waals surface area contributed by atoms with Crippen LogP contribution in [0, 0.1) is 0 Å². The van der Waals surface area contributed by atoms with Crippen molar-refractivity contribution < 1.29 is 13.5 Å². The molecule has 3 N–H and O–H groups in total. The summed E-state index contributed by atoms with van der Waals surface area (Å²) in [6.45, 7) is 1.45. The van der Waals surface area contributed by atoms with Crippen LogP contribution in [-0.2, 0) is 10.0 Å². The van der Waals surface area contributed by atoms with Gasteiger partial charge in [0.05, 0.1) is 21.8 Å². The number of rotatable bonds is 4. The van der Waals surface area contributed by atoms with E-state index in [1.807, 2.05) is 0 Å². The number of benzene rings is 1. The first-order valence-electron chi connectivity index (χ1n) is 5.05. The molecule has 0 aliphatic rings. The number of nitrogen functional groups attached to an aromatic ring is 1. The van der Waals surface area contributed by atoms with E-state index in [1.54, 1.807) is 0 Å². The fourth-order valence-corrected chi connectivity index (χ4v) is 3.37. The molecule has 8 heteroatoms. The Bertz CT molecular complexity index is 546. The van der Waals surface area contributed by atoms with Gasteiger partial charge in [0.15, 0.2) is 0 Å². The van der Waals surface area contributed by atoms with Crippen molar-refractivity contribution in [2.45, 2.75) is 17.9 Å². The van der Waals surface area contributed by atoms with Gasteiger partial charge in [0.1, 0.15) is 4.90 Å². The summed E-state index contributed by atoms with van der Waals surface area (Å²) in [4.78, 5) is -0.130. The SMILES string of the molecule is CC(O)CN(C)S(=O)(=O)c1ccc(Cl)c(N)c1Cl. The average molecular weight is 313 g/mol. The Hall–Kier alpha value is -0.530. The molecule has 102 valence electrons. The van der Waals surface area contributed by atoms with E-state index in [2.05, 4.69) is 0 Å². The molecule has 1 aromatic rings. The van der Waals surface area contributed by atoms with Crippen molar-refractivity contribution in [2.24, 2.45) is 0 Å². The van der Waals surface area contributed by atoms with E-state index in [1.165, 1.54) is 26.1 Å². The summed E-state index contributed by atoms with van der Waals surface area (Å²) in [5.41, 5.74) is 5.60. The van der Waals surface area contributed by atoms with E-state index in [-0.39, 0.29) is 27.2 Å². The Labute approximate surface area is 116 Å². The minimum Gasteiger partial charge on any atom is -0.396 e. The van der Waals surface area contributed by atoms with Gasteiger partial charge in [0, 0.05) is 13.6 Å². The number of nitrogens with two attached hydrogens (primary N) is 1. The van der Waals surface area contributed by atoms with E-state index >= 15 is 0 Å². The van der Waals surface area contributed by atoms with Gasteiger partial charge >= 0.3 is 0 Å². The normalized spacial score (nSPS) is 13.9. The van der Waals surface area contributed by atoms with Crippen LogP contribution in [0.4, 0.5) is 5.69 Å². The van der Waals surface area contributed by atoms with Gasteiger partial charge in [-0.2, -0.15) is 4.31 Å². The molecule has 0 saturated carbocycles. The Balaban J connectivity index is 3.25. The van der Waals surface area contributed by atoms with Gasteiger partial charge < -0.3 is 10.8 Å². The van der Waals surface area contributed by atoms with Gasteiger partial charge in [0.25, 0.3) is 0 Å². The Morgan fingerprint density at radius 2 is 2.00 bits per heavy atom. The summed E-state index contributed by atoms with van der Waals surface area (Å²) in [7, 11) is -2.45. The van der Waals surface area contributed by atoms with Crippen molar-refractivity contribution in [1.82, 2.24) is 4.31 Å². The van der Waals surface area contributed by atoms with Crippen LogP contribution in [0.5, 0.6) is 0 Å². The number of hydrogen-bond donors (Lipinski definition) is 2. The van der Waals surface area contributed by atoms with Crippen molar-refractivity contribution in [3.63, 3.8) is 0 Å². The molecule has 0 spiro atoms. The first kappa shape index (κ1) is 15.5. The summed E-state index contributed by atoms with van der Waals surface area (Å²) >= 11 is 11.6. The van der Waals surface area contributed by atoms with Gasteiger partial charge in [-0.05, 0) is 19.1 Å². The zero-order valence-corrected chi connectivity index (χ0v) is 12.2.